The third-order valence-corrected chi connectivity index (χ3v) is 7.57. The Hall–Kier alpha value is -2.20. The van der Waals surface area contributed by atoms with Crippen LogP contribution in [0.25, 0.3) is 11.1 Å². The fraction of sp³-hybridized carbons (Fsp3) is 0.676. The smallest absolute Gasteiger partial charge is 0.119 e. The van der Waals surface area contributed by atoms with E-state index >= 15 is 0 Å². The Morgan fingerprint density at radius 3 is 1.51 bits per heavy atom. The maximum absolute atomic E-state index is 5.96. The molecule has 45 heavy (non-hydrogen) atoms. The minimum absolute atomic E-state index is 0.131. The number of hydrogen-bond donors (Lipinski definition) is 0. The quantitative estimate of drug-likeness (QED) is 0.148. The van der Waals surface area contributed by atoms with Crippen molar-refractivity contribution >= 4 is 0 Å². The summed E-state index contributed by atoms with van der Waals surface area (Å²) in [6, 6.07) is 16.7. The monoisotopic (exact) mass is 630 g/mol. The van der Waals surface area contributed by atoms with E-state index in [1.807, 2.05) is 12.1 Å². The molecule has 0 spiro atoms. The second kappa shape index (κ2) is 25.9. The van der Waals surface area contributed by atoms with Crippen molar-refractivity contribution in [2.75, 3.05) is 85.9 Å². The Bertz CT molecular complexity index is 920. The lowest BCUT2D eigenvalue weighted by Gasteiger charge is -2.18. The highest BCUT2D eigenvalue weighted by Gasteiger charge is 2.11. The van der Waals surface area contributed by atoms with Gasteiger partial charge < -0.3 is 37.9 Å². The van der Waals surface area contributed by atoms with Gasteiger partial charge in [-0.05, 0) is 54.7 Å². The van der Waals surface area contributed by atoms with E-state index in [1.165, 1.54) is 50.5 Å². The van der Waals surface area contributed by atoms with Crippen molar-refractivity contribution in [1.29, 1.82) is 0 Å². The minimum atomic E-state index is -0.131. The van der Waals surface area contributed by atoms with Crippen LogP contribution < -0.4 is 9.47 Å². The Kier molecular flexibility index (Phi) is 21.5. The van der Waals surface area contributed by atoms with Crippen LogP contribution >= 0.6 is 0 Å². The van der Waals surface area contributed by atoms with Gasteiger partial charge in [0, 0.05) is 6.61 Å². The second-order valence-electron chi connectivity index (χ2n) is 11.4. The maximum atomic E-state index is 5.96. The van der Waals surface area contributed by atoms with E-state index in [0.717, 1.165) is 42.9 Å². The Morgan fingerprint density at radius 1 is 0.511 bits per heavy atom. The molecular formula is C37H58O8. The molecule has 0 saturated carbocycles. The fourth-order valence-electron chi connectivity index (χ4n) is 4.92. The molecule has 2 aromatic rings. The van der Waals surface area contributed by atoms with Crippen LogP contribution in [0, 0.1) is 0 Å². The topological polar surface area (TPSA) is 73.8 Å². The molecule has 0 aromatic heterocycles. The van der Waals surface area contributed by atoms with Gasteiger partial charge in [-0.25, -0.2) is 0 Å². The Labute approximate surface area is 272 Å². The lowest BCUT2D eigenvalue weighted by atomic mass is 10.1. The first-order valence-corrected chi connectivity index (χ1v) is 17.3. The number of ether oxygens (including phenoxy) is 8. The normalized spacial score (nSPS) is 17.3. The molecule has 0 radical (unpaired) electrons. The predicted molar refractivity (Wildman–Crippen MR) is 179 cm³/mol. The van der Waals surface area contributed by atoms with Crippen LogP contribution in [-0.2, 0) is 28.4 Å². The molecule has 0 N–H and O–H groups in total. The molecule has 1 atom stereocenters. The van der Waals surface area contributed by atoms with Gasteiger partial charge in [-0.3, -0.25) is 0 Å². The first kappa shape index (κ1) is 37.3. The summed E-state index contributed by atoms with van der Waals surface area (Å²) in [5.41, 5.74) is 2.34. The number of unbranched alkanes of at least 4 members (excludes halogenated alkanes) is 8. The van der Waals surface area contributed by atoms with E-state index in [-0.39, 0.29) is 6.10 Å². The zero-order valence-electron chi connectivity index (χ0n) is 27.7. The summed E-state index contributed by atoms with van der Waals surface area (Å²) in [6.45, 7) is 9.64. The van der Waals surface area contributed by atoms with E-state index in [2.05, 4.69) is 43.3 Å². The number of rotatable bonds is 19. The van der Waals surface area contributed by atoms with Gasteiger partial charge in [0.15, 0.2) is 0 Å². The molecule has 0 aliphatic carbocycles. The van der Waals surface area contributed by atoms with Crippen LogP contribution in [0.1, 0.15) is 71.1 Å². The second-order valence-corrected chi connectivity index (χ2v) is 11.4. The van der Waals surface area contributed by atoms with Crippen molar-refractivity contribution in [3.8, 4) is 22.6 Å². The summed E-state index contributed by atoms with van der Waals surface area (Å²) in [6.07, 6.45) is 12.2. The molecule has 1 unspecified atom stereocenters. The lowest BCUT2D eigenvalue weighted by Crippen LogP contribution is -2.28. The number of hydrogen-bond acceptors (Lipinski definition) is 8. The third-order valence-electron chi connectivity index (χ3n) is 7.57. The van der Waals surface area contributed by atoms with Gasteiger partial charge in [-0.2, -0.15) is 0 Å². The molecule has 1 heterocycles. The molecule has 3 rings (SSSR count). The average Bonchev–Trinajstić information content (AvgIpc) is 3.08. The van der Waals surface area contributed by atoms with E-state index in [1.54, 1.807) is 0 Å². The van der Waals surface area contributed by atoms with Gasteiger partial charge in [-0.15, -0.1) is 0 Å². The van der Waals surface area contributed by atoms with Crippen molar-refractivity contribution in [2.24, 2.45) is 0 Å². The first-order chi connectivity index (χ1) is 22.3. The Balaban J connectivity index is 1.23. The molecule has 1 aliphatic heterocycles. The molecule has 254 valence electrons. The van der Waals surface area contributed by atoms with Crippen molar-refractivity contribution in [2.45, 2.75) is 77.2 Å². The van der Waals surface area contributed by atoms with Crippen LogP contribution in [0.2, 0.25) is 0 Å². The van der Waals surface area contributed by atoms with Gasteiger partial charge in [0.2, 0.25) is 0 Å². The molecule has 0 amide bonds. The Morgan fingerprint density at radius 2 is 0.956 bits per heavy atom. The van der Waals surface area contributed by atoms with Crippen molar-refractivity contribution in [1.82, 2.24) is 0 Å². The van der Waals surface area contributed by atoms with E-state index in [4.69, 9.17) is 37.9 Å². The highest BCUT2D eigenvalue weighted by atomic mass is 16.6. The highest BCUT2D eigenvalue weighted by Crippen LogP contribution is 2.25. The highest BCUT2D eigenvalue weighted by molar-refractivity contribution is 5.64. The van der Waals surface area contributed by atoms with Crippen molar-refractivity contribution < 1.29 is 37.9 Å². The zero-order chi connectivity index (χ0) is 31.5. The van der Waals surface area contributed by atoms with Crippen molar-refractivity contribution in [3.63, 3.8) is 0 Å². The molecule has 1 aliphatic rings. The largest absolute Gasteiger partial charge is 0.494 e. The summed E-state index contributed by atoms with van der Waals surface area (Å²) in [4.78, 5) is 0. The SMILES string of the molecule is CCCCCCCCCCOc1ccc(-c2ccc(OCCCCOCC3COCCOCCOCCOCCO3)cc2)cc1. The molecule has 1 saturated heterocycles. The molecule has 1 fully saturated rings. The zero-order valence-corrected chi connectivity index (χ0v) is 27.7. The minimum Gasteiger partial charge on any atom is -0.494 e. The van der Waals surface area contributed by atoms with E-state index in [9.17, 15) is 0 Å². The summed E-state index contributed by atoms with van der Waals surface area (Å²) >= 11 is 0. The van der Waals surface area contributed by atoms with Gasteiger partial charge in [0.25, 0.3) is 0 Å². The van der Waals surface area contributed by atoms with Crippen LogP contribution in [-0.4, -0.2) is 92.0 Å². The van der Waals surface area contributed by atoms with Crippen LogP contribution in [0.15, 0.2) is 48.5 Å². The average molecular weight is 631 g/mol. The summed E-state index contributed by atoms with van der Waals surface area (Å²) < 4.78 is 45.9. The van der Waals surface area contributed by atoms with Gasteiger partial charge in [-0.1, -0.05) is 76.1 Å². The van der Waals surface area contributed by atoms with Crippen LogP contribution in [0.4, 0.5) is 0 Å². The lowest BCUT2D eigenvalue weighted by molar-refractivity contribution is -0.0779. The summed E-state index contributed by atoms with van der Waals surface area (Å²) in [7, 11) is 0. The first-order valence-electron chi connectivity index (χ1n) is 17.3. The molecule has 8 heteroatoms. The molecule has 0 bridgehead atoms. The maximum Gasteiger partial charge on any atom is 0.119 e. The fourth-order valence-corrected chi connectivity index (χ4v) is 4.92. The van der Waals surface area contributed by atoms with Crippen molar-refractivity contribution in [3.05, 3.63) is 48.5 Å². The summed E-state index contributed by atoms with van der Waals surface area (Å²) in [5, 5.41) is 0. The number of benzene rings is 2. The van der Waals surface area contributed by atoms with Gasteiger partial charge >= 0.3 is 0 Å². The molecular weight excluding hydrogens is 572 g/mol. The van der Waals surface area contributed by atoms with E-state index < -0.39 is 0 Å². The van der Waals surface area contributed by atoms with Gasteiger partial charge in [0.05, 0.1) is 79.3 Å². The van der Waals surface area contributed by atoms with E-state index in [0.29, 0.717) is 79.3 Å². The third kappa shape index (κ3) is 18.5. The standard InChI is InChI=1S/C37H58O8/c1-2-3-4-5-6-7-8-9-21-43-35-16-12-33(13-17-35)34-14-18-36(19-15-34)44-22-11-10-20-41-31-37-32-42-28-27-39-24-23-38-25-26-40-29-30-45-37/h12-19,37H,2-11,20-32H2,1H3. The predicted octanol–water partition coefficient (Wildman–Crippen LogP) is 7.51. The van der Waals surface area contributed by atoms with Crippen LogP contribution in [0.3, 0.4) is 0 Å². The van der Waals surface area contributed by atoms with Gasteiger partial charge in [0.1, 0.15) is 17.6 Å². The molecule has 2 aromatic carbocycles. The van der Waals surface area contributed by atoms with Crippen LogP contribution in [0.5, 0.6) is 11.5 Å². The summed E-state index contributed by atoms with van der Waals surface area (Å²) in [5.74, 6) is 1.82. The molecule has 8 nitrogen and oxygen atoms in total.